The normalized spacial score (nSPS) is 15.5. The Hall–Kier alpha value is -2.37. The van der Waals surface area contributed by atoms with E-state index in [1.165, 1.54) is 4.57 Å². The largest absolute Gasteiger partial charge is 0.376 e. The van der Waals surface area contributed by atoms with Gasteiger partial charge in [0.1, 0.15) is 5.69 Å². The molecule has 21 heavy (non-hydrogen) atoms. The van der Waals surface area contributed by atoms with Crippen LogP contribution in [0.4, 0.5) is 11.4 Å². The SMILES string of the molecule is Cn1c(=O)c([N+](=O)[O-])c(NC2CCCC2)c2ccccc21. The van der Waals surface area contributed by atoms with Gasteiger partial charge < -0.3 is 9.88 Å². The van der Waals surface area contributed by atoms with Gasteiger partial charge in [-0.25, -0.2) is 0 Å². The zero-order valence-corrected chi connectivity index (χ0v) is 11.8. The summed E-state index contributed by atoms with van der Waals surface area (Å²) >= 11 is 0. The number of aryl methyl sites for hydroxylation is 1. The summed E-state index contributed by atoms with van der Waals surface area (Å²) in [4.78, 5) is 23.1. The minimum absolute atomic E-state index is 0.208. The molecule has 0 radical (unpaired) electrons. The number of fused-ring (bicyclic) bond motifs is 1. The van der Waals surface area contributed by atoms with Crippen LogP contribution in [0.3, 0.4) is 0 Å². The van der Waals surface area contributed by atoms with Crippen molar-refractivity contribution in [3.8, 4) is 0 Å². The minimum atomic E-state index is -0.577. The van der Waals surface area contributed by atoms with Gasteiger partial charge in [0.25, 0.3) is 0 Å². The molecule has 0 unspecified atom stereocenters. The molecular weight excluding hydrogens is 270 g/mol. The van der Waals surface area contributed by atoms with Gasteiger partial charge in [0.05, 0.1) is 10.4 Å². The Morgan fingerprint density at radius 1 is 1.29 bits per heavy atom. The smallest absolute Gasteiger partial charge is 0.357 e. The zero-order valence-electron chi connectivity index (χ0n) is 11.8. The maximum atomic E-state index is 12.3. The summed E-state index contributed by atoms with van der Waals surface area (Å²) < 4.78 is 1.34. The second kappa shape index (κ2) is 5.20. The number of benzene rings is 1. The molecule has 1 heterocycles. The highest BCUT2D eigenvalue weighted by Gasteiger charge is 2.27. The van der Waals surface area contributed by atoms with Crippen molar-refractivity contribution < 1.29 is 4.92 Å². The number of nitrogens with one attached hydrogen (secondary N) is 1. The molecule has 6 heteroatoms. The van der Waals surface area contributed by atoms with E-state index in [4.69, 9.17) is 0 Å². The second-order valence-electron chi connectivity index (χ2n) is 5.49. The number of pyridine rings is 1. The van der Waals surface area contributed by atoms with Crippen molar-refractivity contribution >= 4 is 22.3 Å². The predicted octanol–water partition coefficient (Wildman–Crippen LogP) is 2.80. The van der Waals surface area contributed by atoms with Crippen molar-refractivity contribution in [3.63, 3.8) is 0 Å². The van der Waals surface area contributed by atoms with E-state index in [1.807, 2.05) is 18.2 Å². The number of aromatic nitrogens is 1. The molecule has 1 fully saturated rings. The number of para-hydroxylation sites is 1. The van der Waals surface area contributed by atoms with Crippen LogP contribution in [0, 0.1) is 10.1 Å². The number of hydrogen-bond donors (Lipinski definition) is 1. The van der Waals surface area contributed by atoms with Gasteiger partial charge in [-0.2, -0.15) is 0 Å². The lowest BCUT2D eigenvalue weighted by Gasteiger charge is -2.16. The van der Waals surface area contributed by atoms with Gasteiger partial charge in [-0.1, -0.05) is 31.0 Å². The Kier molecular flexibility index (Phi) is 3.37. The van der Waals surface area contributed by atoms with E-state index in [-0.39, 0.29) is 11.7 Å². The monoisotopic (exact) mass is 287 g/mol. The van der Waals surface area contributed by atoms with Crippen LogP contribution in [-0.2, 0) is 7.05 Å². The molecule has 0 amide bonds. The zero-order chi connectivity index (χ0) is 15.0. The maximum Gasteiger partial charge on any atom is 0.357 e. The van der Waals surface area contributed by atoms with Crippen molar-refractivity contribution in [1.29, 1.82) is 0 Å². The summed E-state index contributed by atoms with van der Waals surface area (Å²) in [5.41, 5.74) is 0.140. The van der Waals surface area contributed by atoms with Crippen LogP contribution in [0.2, 0.25) is 0 Å². The third-order valence-corrected chi connectivity index (χ3v) is 4.16. The van der Waals surface area contributed by atoms with Gasteiger partial charge in [0, 0.05) is 18.5 Å². The van der Waals surface area contributed by atoms with Crippen LogP contribution in [-0.4, -0.2) is 15.5 Å². The summed E-state index contributed by atoms with van der Waals surface area (Å²) in [6.07, 6.45) is 4.21. The molecule has 0 spiro atoms. The molecule has 3 rings (SSSR count). The van der Waals surface area contributed by atoms with Crippen molar-refractivity contribution in [2.24, 2.45) is 7.05 Å². The number of anilines is 1. The molecule has 1 aliphatic carbocycles. The topological polar surface area (TPSA) is 77.2 Å². The molecule has 6 nitrogen and oxygen atoms in total. The first kappa shape index (κ1) is 13.6. The molecular formula is C15H17N3O3. The third kappa shape index (κ3) is 2.26. The Morgan fingerprint density at radius 3 is 2.62 bits per heavy atom. The van der Waals surface area contributed by atoms with Gasteiger partial charge in [0.15, 0.2) is 0 Å². The van der Waals surface area contributed by atoms with Crippen LogP contribution < -0.4 is 10.9 Å². The number of nitrogens with zero attached hydrogens (tertiary/aromatic N) is 2. The summed E-state index contributed by atoms with van der Waals surface area (Å²) in [7, 11) is 1.57. The Labute approximate surface area is 121 Å². The van der Waals surface area contributed by atoms with Crippen molar-refractivity contribution in [2.45, 2.75) is 31.7 Å². The lowest BCUT2D eigenvalue weighted by atomic mass is 10.1. The van der Waals surface area contributed by atoms with Crippen molar-refractivity contribution in [3.05, 3.63) is 44.7 Å². The summed E-state index contributed by atoms with van der Waals surface area (Å²) in [6.45, 7) is 0. The highest BCUT2D eigenvalue weighted by Crippen LogP contribution is 2.32. The molecule has 110 valence electrons. The number of rotatable bonds is 3. The molecule has 1 saturated carbocycles. The molecule has 1 aliphatic rings. The average Bonchev–Trinajstić information content (AvgIpc) is 2.97. The van der Waals surface area contributed by atoms with Gasteiger partial charge >= 0.3 is 11.2 Å². The lowest BCUT2D eigenvalue weighted by molar-refractivity contribution is -0.385. The van der Waals surface area contributed by atoms with E-state index in [1.54, 1.807) is 13.1 Å². The first-order valence-electron chi connectivity index (χ1n) is 7.12. The maximum absolute atomic E-state index is 12.3. The number of hydrogen-bond acceptors (Lipinski definition) is 4. The van der Waals surface area contributed by atoms with E-state index in [0.717, 1.165) is 31.1 Å². The average molecular weight is 287 g/mol. The fraction of sp³-hybridized carbons (Fsp3) is 0.400. The molecule has 1 N–H and O–H groups in total. The molecule has 1 aromatic heterocycles. The molecule has 1 aromatic carbocycles. The summed E-state index contributed by atoms with van der Waals surface area (Å²) in [6, 6.07) is 7.49. The van der Waals surface area contributed by atoms with Gasteiger partial charge in [0.2, 0.25) is 0 Å². The van der Waals surface area contributed by atoms with Gasteiger partial charge in [-0.3, -0.25) is 14.9 Å². The standard InChI is InChI=1S/C15H17N3O3/c1-17-12-9-5-4-8-11(12)13(14(15(17)19)18(20)21)16-10-6-2-3-7-10/h4-5,8-10,16H,2-3,6-7H2,1H3. The van der Waals surface area contributed by atoms with E-state index in [9.17, 15) is 14.9 Å². The molecule has 0 atom stereocenters. The van der Waals surface area contributed by atoms with Crippen molar-refractivity contribution in [2.75, 3.05) is 5.32 Å². The Morgan fingerprint density at radius 2 is 1.95 bits per heavy atom. The minimum Gasteiger partial charge on any atom is -0.376 e. The predicted molar refractivity (Wildman–Crippen MR) is 81.7 cm³/mol. The molecule has 0 saturated heterocycles. The Bertz CT molecular complexity index is 761. The highest BCUT2D eigenvalue weighted by molar-refractivity contribution is 5.96. The fourth-order valence-corrected chi connectivity index (χ4v) is 3.07. The van der Waals surface area contributed by atoms with E-state index < -0.39 is 10.5 Å². The van der Waals surface area contributed by atoms with Gasteiger partial charge in [-0.05, 0) is 18.9 Å². The van der Waals surface area contributed by atoms with Crippen LogP contribution in [0.25, 0.3) is 10.9 Å². The first-order chi connectivity index (χ1) is 10.1. The summed E-state index contributed by atoms with van der Waals surface area (Å²) in [5.74, 6) is 0. The quantitative estimate of drug-likeness (QED) is 0.695. The van der Waals surface area contributed by atoms with E-state index in [2.05, 4.69) is 5.32 Å². The third-order valence-electron chi connectivity index (χ3n) is 4.16. The first-order valence-corrected chi connectivity index (χ1v) is 7.12. The number of nitro groups is 1. The van der Waals surface area contributed by atoms with Crippen LogP contribution >= 0.6 is 0 Å². The highest BCUT2D eigenvalue weighted by atomic mass is 16.6. The molecule has 0 aliphatic heterocycles. The molecule has 0 bridgehead atoms. The fourth-order valence-electron chi connectivity index (χ4n) is 3.07. The van der Waals surface area contributed by atoms with Crippen LogP contribution in [0.5, 0.6) is 0 Å². The lowest BCUT2D eigenvalue weighted by Crippen LogP contribution is -2.24. The molecule has 2 aromatic rings. The summed E-state index contributed by atoms with van der Waals surface area (Å²) in [5, 5.41) is 15.3. The van der Waals surface area contributed by atoms with Crippen molar-refractivity contribution in [1.82, 2.24) is 4.57 Å². The van der Waals surface area contributed by atoms with Gasteiger partial charge in [-0.15, -0.1) is 0 Å². The van der Waals surface area contributed by atoms with Crippen LogP contribution in [0.15, 0.2) is 29.1 Å². The van der Waals surface area contributed by atoms with E-state index >= 15 is 0 Å². The second-order valence-corrected chi connectivity index (χ2v) is 5.49. The van der Waals surface area contributed by atoms with Crippen LogP contribution in [0.1, 0.15) is 25.7 Å². The van der Waals surface area contributed by atoms with E-state index in [0.29, 0.717) is 11.2 Å². The Balaban J connectivity index is 2.27.